The van der Waals surface area contributed by atoms with Gasteiger partial charge in [0, 0.05) is 26.7 Å². The topological polar surface area (TPSA) is 48.9 Å². The first-order valence-electron chi connectivity index (χ1n) is 9.17. The fourth-order valence-corrected chi connectivity index (χ4v) is 3.55. The van der Waals surface area contributed by atoms with Gasteiger partial charge in [0.05, 0.1) is 12.1 Å². The van der Waals surface area contributed by atoms with Gasteiger partial charge in [-0.25, -0.2) is 0 Å². The first kappa shape index (κ1) is 23.7. The van der Waals surface area contributed by atoms with Gasteiger partial charge >= 0.3 is 6.18 Å². The minimum atomic E-state index is -4.09. The number of nitrogens with one attached hydrogen (secondary N) is 2. The summed E-state index contributed by atoms with van der Waals surface area (Å²) in [6.07, 6.45) is 0.663. The van der Waals surface area contributed by atoms with Gasteiger partial charge in [0.1, 0.15) is 0 Å². The molecule has 154 valence electrons. The van der Waals surface area contributed by atoms with Crippen molar-refractivity contribution in [3.8, 4) is 0 Å². The lowest BCUT2D eigenvalue weighted by molar-refractivity contribution is -0.148. The van der Waals surface area contributed by atoms with Gasteiger partial charge in [0.15, 0.2) is 5.96 Å². The van der Waals surface area contributed by atoms with E-state index in [2.05, 4.69) is 22.5 Å². The molecule has 0 aromatic rings. The molecule has 0 aliphatic carbocycles. The predicted octanol–water partition coefficient (Wildman–Crippen LogP) is 3.00. The Morgan fingerprint density at radius 2 is 1.96 bits per heavy atom. The summed E-state index contributed by atoms with van der Waals surface area (Å²) in [5.41, 5.74) is -0.122. The third-order valence-electron chi connectivity index (χ3n) is 5.11. The standard InChI is InChI=1S/C17H31F3N4O.HI/c1-16(7-3-11-25-16)12-23-15(21-2)22-8-4-14-5-9-24(10-6-14)13-17(18,19)20;/h14H,3-13H2,1-2H3,(H2,21,22,23);1H. The summed E-state index contributed by atoms with van der Waals surface area (Å²) in [7, 11) is 1.74. The Morgan fingerprint density at radius 1 is 1.27 bits per heavy atom. The second kappa shape index (κ2) is 10.9. The molecule has 2 heterocycles. The molecule has 2 saturated heterocycles. The lowest BCUT2D eigenvalue weighted by atomic mass is 9.93. The molecule has 9 heteroatoms. The van der Waals surface area contributed by atoms with Crippen LogP contribution in [0.1, 0.15) is 39.0 Å². The number of hydrogen-bond acceptors (Lipinski definition) is 3. The molecule has 1 atom stereocenters. The summed E-state index contributed by atoms with van der Waals surface area (Å²) in [5.74, 6) is 1.23. The second-order valence-electron chi connectivity index (χ2n) is 7.38. The van der Waals surface area contributed by atoms with Crippen molar-refractivity contribution in [2.45, 2.75) is 50.8 Å². The summed E-state index contributed by atoms with van der Waals surface area (Å²) in [5, 5.41) is 6.60. The van der Waals surface area contributed by atoms with Crippen LogP contribution in [0, 0.1) is 5.92 Å². The van der Waals surface area contributed by atoms with E-state index in [0.29, 0.717) is 19.0 Å². The Kier molecular flexibility index (Phi) is 9.95. The second-order valence-corrected chi connectivity index (χ2v) is 7.38. The number of alkyl halides is 3. The number of ether oxygens (including phenoxy) is 1. The van der Waals surface area contributed by atoms with Crippen molar-refractivity contribution in [2.24, 2.45) is 10.9 Å². The van der Waals surface area contributed by atoms with Crippen molar-refractivity contribution < 1.29 is 17.9 Å². The van der Waals surface area contributed by atoms with Crippen molar-refractivity contribution in [1.29, 1.82) is 0 Å². The normalized spacial score (nSPS) is 25.8. The Labute approximate surface area is 171 Å². The summed E-state index contributed by atoms with van der Waals surface area (Å²) >= 11 is 0. The van der Waals surface area contributed by atoms with Crippen molar-refractivity contribution in [1.82, 2.24) is 15.5 Å². The van der Waals surface area contributed by atoms with Crippen LogP contribution in [0.25, 0.3) is 0 Å². The molecule has 26 heavy (non-hydrogen) atoms. The van der Waals surface area contributed by atoms with Crippen molar-refractivity contribution in [2.75, 3.05) is 46.4 Å². The highest BCUT2D eigenvalue weighted by molar-refractivity contribution is 14.0. The van der Waals surface area contributed by atoms with E-state index < -0.39 is 12.7 Å². The zero-order valence-electron chi connectivity index (χ0n) is 15.7. The van der Waals surface area contributed by atoms with Crippen molar-refractivity contribution in [3.63, 3.8) is 0 Å². The molecule has 5 nitrogen and oxygen atoms in total. The molecule has 1 unspecified atom stereocenters. The van der Waals surface area contributed by atoms with Crippen LogP contribution in [0.3, 0.4) is 0 Å². The van der Waals surface area contributed by atoms with Crippen LogP contribution in [0.4, 0.5) is 13.2 Å². The zero-order valence-corrected chi connectivity index (χ0v) is 18.0. The number of guanidine groups is 1. The Balaban J connectivity index is 0.00000338. The molecule has 2 N–H and O–H groups in total. The average Bonchev–Trinajstić information content (AvgIpc) is 2.98. The SMILES string of the molecule is CN=C(NCCC1CCN(CC(F)(F)F)CC1)NCC1(C)CCCO1.I. The Hall–Kier alpha value is -0.290. The van der Waals surface area contributed by atoms with Crippen LogP contribution < -0.4 is 10.6 Å². The van der Waals surface area contributed by atoms with Gasteiger partial charge in [-0.05, 0) is 58.0 Å². The number of halogens is 4. The van der Waals surface area contributed by atoms with Gasteiger partial charge in [-0.3, -0.25) is 9.89 Å². The molecule has 2 fully saturated rings. The minimum Gasteiger partial charge on any atom is -0.373 e. The molecular weight excluding hydrogens is 460 g/mol. The number of likely N-dealkylation sites (tertiary alicyclic amines) is 1. The van der Waals surface area contributed by atoms with E-state index in [-0.39, 0.29) is 29.6 Å². The highest BCUT2D eigenvalue weighted by atomic mass is 127. The van der Waals surface area contributed by atoms with Crippen LogP contribution >= 0.6 is 24.0 Å². The zero-order chi connectivity index (χ0) is 18.3. The first-order chi connectivity index (χ1) is 11.8. The van der Waals surface area contributed by atoms with E-state index >= 15 is 0 Å². The Bertz CT molecular complexity index is 434. The fourth-order valence-electron chi connectivity index (χ4n) is 3.55. The number of piperidine rings is 1. The predicted molar refractivity (Wildman–Crippen MR) is 108 cm³/mol. The van der Waals surface area contributed by atoms with Crippen LogP contribution in [0.2, 0.25) is 0 Å². The van der Waals surface area contributed by atoms with E-state index in [9.17, 15) is 13.2 Å². The molecule has 0 aromatic carbocycles. The average molecular weight is 492 g/mol. The van der Waals surface area contributed by atoms with E-state index in [1.807, 2.05) is 0 Å². The fraction of sp³-hybridized carbons (Fsp3) is 0.941. The van der Waals surface area contributed by atoms with E-state index in [4.69, 9.17) is 4.74 Å². The van der Waals surface area contributed by atoms with E-state index in [0.717, 1.165) is 57.8 Å². The molecular formula is C17H32F3IN4O. The maximum Gasteiger partial charge on any atom is 0.401 e. The van der Waals surface area contributed by atoms with Crippen molar-refractivity contribution >= 4 is 29.9 Å². The molecule has 0 radical (unpaired) electrons. The molecule has 0 amide bonds. The first-order valence-corrected chi connectivity index (χ1v) is 9.17. The largest absolute Gasteiger partial charge is 0.401 e. The Morgan fingerprint density at radius 3 is 2.50 bits per heavy atom. The lowest BCUT2D eigenvalue weighted by Gasteiger charge is -2.32. The number of hydrogen-bond donors (Lipinski definition) is 2. The summed E-state index contributed by atoms with van der Waals surface area (Å²) in [6.45, 7) is 4.71. The molecule has 0 spiro atoms. The molecule has 0 saturated carbocycles. The molecule has 0 bridgehead atoms. The van der Waals surface area contributed by atoms with Gasteiger partial charge < -0.3 is 15.4 Å². The third kappa shape index (κ3) is 8.60. The van der Waals surface area contributed by atoms with Gasteiger partial charge in [-0.1, -0.05) is 0 Å². The summed E-state index contributed by atoms with van der Waals surface area (Å²) < 4.78 is 42.9. The maximum atomic E-state index is 12.4. The molecule has 2 aliphatic heterocycles. The van der Waals surface area contributed by atoms with Crippen LogP contribution in [-0.4, -0.2) is 69.0 Å². The van der Waals surface area contributed by atoms with Gasteiger partial charge in [0.2, 0.25) is 0 Å². The van der Waals surface area contributed by atoms with E-state index in [1.165, 1.54) is 4.90 Å². The molecule has 2 rings (SSSR count). The van der Waals surface area contributed by atoms with Crippen LogP contribution in [0.5, 0.6) is 0 Å². The lowest BCUT2D eigenvalue weighted by Crippen LogP contribution is -2.46. The monoisotopic (exact) mass is 492 g/mol. The smallest absolute Gasteiger partial charge is 0.373 e. The third-order valence-corrected chi connectivity index (χ3v) is 5.11. The molecule has 2 aliphatic rings. The van der Waals surface area contributed by atoms with Gasteiger partial charge in [0.25, 0.3) is 0 Å². The summed E-state index contributed by atoms with van der Waals surface area (Å²) in [4.78, 5) is 5.73. The quantitative estimate of drug-likeness (QED) is 0.340. The highest BCUT2D eigenvalue weighted by Gasteiger charge is 2.32. The van der Waals surface area contributed by atoms with Gasteiger partial charge in [-0.15, -0.1) is 24.0 Å². The number of aliphatic imine (C=N–C) groups is 1. The number of nitrogens with zero attached hydrogens (tertiary/aromatic N) is 2. The maximum absolute atomic E-state index is 12.4. The summed E-state index contributed by atoms with van der Waals surface area (Å²) in [6, 6.07) is 0. The van der Waals surface area contributed by atoms with Crippen molar-refractivity contribution in [3.05, 3.63) is 0 Å². The van der Waals surface area contributed by atoms with E-state index in [1.54, 1.807) is 7.05 Å². The highest BCUT2D eigenvalue weighted by Crippen LogP contribution is 2.24. The van der Waals surface area contributed by atoms with Crippen LogP contribution in [-0.2, 0) is 4.74 Å². The number of rotatable bonds is 6. The van der Waals surface area contributed by atoms with Crippen LogP contribution in [0.15, 0.2) is 4.99 Å². The minimum absolute atomic E-state index is 0. The molecule has 0 aromatic heterocycles. The van der Waals surface area contributed by atoms with Gasteiger partial charge in [-0.2, -0.15) is 13.2 Å².